The van der Waals surface area contributed by atoms with Crippen LogP contribution in [0.4, 0.5) is 10.1 Å². The summed E-state index contributed by atoms with van der Waals surface area (Å²) >= 11 is 0. The first-order chi connectivity index (χ1) is 9.60. The summed E-state index contributed by atoms with van der Waals surface area (Å²) in [5.74, 6) is -0.237. The zero-order chi connectivity index (χ0) is 14.5. The predicted octanol–water partition coefficient (Wildman–Crippen LogP) is 4.66. The van der Waals surface area contributed by atoms with Crippen molar-refractivity contribution in [2.75, 3.05) is 5.32 Å². The van der Waals surface area contributed by atoms with Crippen LogP contribution in [0.5, 0.6) is 5.75 Å². The molecular weight excluding hydrogens is 253 g/mol. The van der Waals surface area contributed by atoms with Crippen molar-refractivity contribution in [3.63, 3.8) is 0 Å². The Labute approximate surface area is 119 Å². The summed E-state index contributed by atoms with van der Waals surface area (Å²) in [6.45, 7) is 4.05. The number of benzene rings is 2. The molecule has 2 aromatic rings. The summed E-state index contributed by atoms with van der Waals surface area (Å²) in [5, 5.41) is 13.1. The van der Waals surface area contributed by atoms with Crippen LogP contribution in [0.15, 0.2) is 42.5 Å². The van der Waals surface area contributed by atoms with E-state index >= 15 is 0 Å². The second kappa shape index (κ2) is 6.42. The lowest BCUT2D eigenvalue weighted by Crippen LogP contribution is -2.07. The van der Waals surface area contributed by atoms with Gasteiger partial charge in [-0.05, 0) is 49.2 Å². The topological polar surface area (TPSA) is 32.3 Å². The number of nitrogens with one attached hydrogen (secondary N) is 1. The number of hydrogen-bond acceptors (Lipinski definition) is 2. The van der Waals surface area contributed by atoms with Gasteiger partial charge in [0.15, 0.2) is 0 Å². The maximum absolute atomic E-state index is 13.2. The first-order valence-electron chi connectivity index (χ1n) is 6.94. The number of phenols is 1. The molecule has 3 heteroatoms. The molecule has 0 heterocycles. The second-order valence-corrected chi connectivity index (χ2v) is 5.02. The van der Waals surface area contributed by atoms with Gasteiger partial charge in [0.25, 0.3) is 0 Å². The summed E-state index contributed by atoms with van der Waals surface area (Å²) < 4.78 is 13.2. The van der Waals surface area contributed by atoms with Crippen LogP contribution < -0.4 is 5.32 Å². The Morgan fingerprint density at radius 1 is 1.15 bits per heavy atom. The third-order valence-electron chi connectivity index (χ3n) is 3.33. The molecule has 0 aliphatic rings. The van der Waals surface area contributed by atoms with E-state index in [1.807, 2.05) is 19.1 Å². The van der Waals surface area contributed by atoms with E-state index < -0.39 is 0 Å². The summed E-state index contributed by atoms with van der Waals surface area (Å²) in [6, 6.07) is 12.0. The molecule has 2 rings (SSSR count). The van der Waals surface area contributed by atoms with Crippen molar-refractivity contribution >= 4 is 5.69 Å². The van der Waals surface area contributed by atoms with Crippen LogP contribution in [0.25, 0.3) is 0 Å². The molecule has 0 saturated carbocycles. The van der Waals surface area contributed by atoms with Crippen molar-refractivity contribution in [3.8, 4) is 5.75 Å². The van der Waals surface area contributed by atoms with Gasteiger partial charge in [-0.2, -0.15) is 0 Å². The molecule has 2 aromatic carbocycles. The van der Waals surface area contributed by atoms with Crippen LogP contribution in [0.2, 0.25) is 0 Å². The van der Waals surface area contributed by atoms with Crippen molar-refractivity contribution in [3.05, 3.63) is 59.4 Å². The number of aryl methyl sites for hydroxylation is 1. The van der Waals surface area contributed by atoms with Gasteiger partial charge in [-0.3, -0.25) is 0 Å². The molecule has 0 radical (unpaired) electrons. The highest BCUT2D eigenvalue weighted by Gasteiger charge is 2.11. The molecule has 0 spiro atoms. The molecule has 0 saturated heterocycles. The van der Waals surface area contributed by atoms with E-state index in [4.69, 9.17) is 0 Å². The number of aromatic hydroxyl groups is 1. The smallest absolute Gasteiger partial charge is 0.123 e. The molecule has 106 valence electrons. The van der Waals surface area contributed by atoms with Crippen LogP contribution in [-0.4, -0.2) is 5.11 Å². The Kier molecular flexibility index (Phi) is 4.61. The number of hydrogen-bond donors (Lipinski definition) is 2. The molecule has 0 aliphatic heterocycles. The average Bonchev–Trinajstić information content (AvgIpc) is 2.44. The van der Waals surface area contributed by atoms with E-state index in [0.717, 1.165) is 18.5 Å². The van der Waals surface area contributed by atoms with Crippen LogP contribution >= 0.6 is 0 Å². The van der Waals surface area contributed by atoms with Crippen molar-refractivity contribution in [2.24, 2.45) is 0 Å². The number of halogens is 1. The number of rotatable bonds is 5. The monoisotopic (exact) mass is 273 g/mol. The fourth-order valence-electron chi connectivity index (χ4n) is 2.26. The highest BCUT2D eigenvalue weighted by molar-refractivity contribution is 5.48. The molecule has 0 fully saturated rings. The summed E-state index contributed by atoms with van der Waals surface area (Å²) in [5.41, 5.74) is 2.82. The SMILES string of the molecule is CCCc1ccc(NC(C)c2cc(F)ccc2O)cc1. The van der Waals surface area contributed by atoms with Crippen molar-refractivity contribution in [1.29, 1.82) is 0 Å². The van der Waals surface area contributed by atoms with Crippen LogP contribution in [0.1, 0.15) is 37.4 Å². The normalized spacial score (nSPS) is 12.2. The Morgan fingerprint density at radius 2 is 1.85 bits per heavy atom. The third-order valence-corrected chi connectivity index (χ3v) is 3.33. The Balaban J connectivity index is 2.10. The highest BCUT2D eigenvalue weighted by atomic mass is 19.1. The van der Waals surface area contributed by atoms with E-state index in [9.17, 15) is 9.50 Å². The van der Waals surface area contributed by atoms with Gasteiger partial charge in [-0.15, -0.1) is 0 Å². The largest absolute Gasteiger partial charge is 0.508 e. The van der Waals surface area contributed by atoms with E-state index in [1.54, 1.807) is 0 Å². The minimum Gasteiger partial charge on any atom is -0.508 e. The maximum Gasteiger partial charge on any atom is 0.123 e. The van der Waals surface area contributed by atoms with Crippen LogP contribution in [0.3, 0.4) is 0 Å². The molecule has 0 bridgehead atoms. The first kappa shape index (κ1) is 14.4. The molecule has 0 aliphatic carbocycles. The molecule has 2 nitrogen and oxygen atoms in total. The van der Waals surface area contributed by atoms with Gasteiger partial charge in [0.05, 0.1) is 6.04 Å². The van der Waals surface area contributed by atoms with Crippen molar-refractivity contribution < 1.29 is 9.50 Å². The maximum atomic E-state index is 13.2. The lowest BCUT2D eigenvalue weighted by atomic mass is 10.1. The number of anilines is 1. The summed E-state index contributed by atoms with van der Waals surface area (Å²) in [6.07, 6.45) is 2.20. The summed E-state index contributed by atoms with van der Waals surface area (Å²) in [7, 11) is 0. The zero-order valence-corrected chi connectivity index (χ0v) is 11.9. The second-order valence-electron chi connectivity index (χ2n) is 5.02. The van der Waals surface area contributed by atoms with Crippen molar-refractivity contribution in [1.82, 2.24) is 0 Å². The predicted molar refractivity (Wildman–Crippen MR) is 80.5 cm³/mol. The Morgan fingerprint density at radius 3 is 2.50 bits per heavy atom. The van der Waals surface area contributed by atoms with Gasteiger partial charge in [0, 0.05) is 11.3 Å². The highest BCUT2D eigenvalue weighted by Crippen LogP contribution is 2.27. The number of phenolic OH excluding ortho intramolecular Hbond substituents is 1. The molecule has 1 unspecified atom stereocenters. The van der Waals surface area contributed by atoms with Gasteiger partial charge in [0.2, 0.25) is 0 Å². The minimum absolute atomic E-state index is 0.106. The van der Waals surface area contributed by atoms with Crippen LogP contribution in [0, 0.1) is 5.82 Å². The van der Waals surface area contributed by atoms with Gasteiger partial charge >= 0.3 is 0 Å². The lowest BCUT2D eigenvalue weighted by molar-refractivity contribution is 0.462. The molecule has 0 aromatic heterocycles. The standard InChI is InChI=1S/C17H20FNO/c1-3-4-13-5-8-15(9-6-13)19-12(2)16-11-14(18)7-10-17(16)20/h5-12,19-20H,3-4H2,1-2H3. The van der Waals surface area contributed by atoms with Gasteiger partial charge in [-0.1, -0.05) is 25.5 Å². The van der Waals surface area contributed by atoms with Gasteiger partial charge < -0.3 is 10.4 Å². The van der Waals surface area contributed by atoms with E-state index in [1.165, 1.54) is 23.8 Å². The molecule has 0 amide bonds. The van der Waals surface area contributed by atoms with E-state index in [-0.39, 0.29) is 17.6 Å². The fraction of sp³-hybridized carbons (Fsp3) is 0.294. The Hall–Kier alpha value is -2.03. The summed E-state index contributed by atoms with van der Waals surface area (Å²) in [4.78, 5) is 0. The van der Waals surface area contributed by atoms with Gasteiger partial charge in [0.1, 0.15) is 11.6 Å². The first-order valence-corrected chi connectivity index (χ1v) is 6.94. The van der Waals surface area contributed by atoms with Gasteiger partial charge in [-0.25, -0.2) is 4.39 Å². The zero-order valence-electron chi connectivity index (χ0n) is 11.9. The fourth-order valence-corrected chi connectivity index (χ4v) is 2.26. The average molecular weight is 273 g/mol. The van der Waals surface area contributed by atoms with Crippen molar-refractivity contribution in [2.45, 2.75) is 32.7 Å². The molecule has 20 heavy (non-hydrogen) atoms. The van der Waals surface area contributed by atoms with Crippen LogP contribution in [-0.2, 0) is 6.42 Å². The van der Waals surface area contributed by atoms with E-state index in [2.05, 4.69) is 24.4 Å². The molecule has 1 atom stereocenters. The van der Waals surface area contributed by atoms with E-state index in [0.29, 0.717) is 5.56 Å². The molecule has 2 N–H and O–H groups in total. The Bertz CT molecular complexity index is 566. The molecular formula is C17H20FNO. The minimum atomic E-state index is -0.343. The lowest BCUT2D eigenvalue weighted by Gasteiger charge is -2.17. The third kappa shape index (κ3) is 3.50. The quantitative estimate of drug-likeness (QED) is 0.830.